The van der Waals surface area contributed by atoms with E-state index in [2.05, 4.69) is 34.6 Å². The van der Waals surface area contributed by atoms with Crippen molar-refractivity contribution in [2.75, 3.05) is 32.5 Å². The van der Waals surface area contributed by atoms with Gasteiger partial charge >= 0.3 is 0 Å². The first-order valence-electron chi connectivity index (χ1n) is 8.29. The molecule has 2 rings (SSSR count). The van der Waals surface area contributed by atoms with Crippen LogP contribution in [0.5, 0.6) is 0 Å². The maximum atomic E-state index is 12.2. The van der Waals surface area contributed by atoms with Crippen LogP contribution in [-0.2, 0) is 11.3 Å². The van der Waals surface area contributed by atoms with Gasteiger partial charge in [-0.3, -0.25) is 4.79 Å². The second-order valence-electron chi connectivity index (χ2n) is 6.68. The normalized spacial score (nSPS) is 16.0. The lowest BCUT2D eigenvalue weighted by Crippen LogP contribution is -2.28. The fourth-order valence-corrected chi connectivity index (χ4v) is 3.03. The Morgan fingerprint density at radius 1 is 1.32 bits per heavy atom. The minimum Gasteiger partial charge on any atom is -0.326 e. The van der Waals surface area contributed by atoms with E-state index in [9.17, 15) is 4.79 Å². The molecule has 1 aliphatic rings. The number of anilines is 1. The number of rotatable bonds is 6. The molecule has 122 valence electrons. The van der Waals surface area contributed by atoms with Crippen molar-refractivity contribution in [1.82, 2.24) is 10.2 Å². The molecule has 0 aromatic heterocycles. The minimum absolute atomic E-state index is 0.141. The number of nitrogens with zero attached hydrogens (tertiary/aromatic N) is 1. The zero-order chi connectivity index (χ0) is 15.9. The Balaban J connectivity index is 1.89. The molecule has 1 saturated heterocycles. The fraction of sp³-hybridized carbons (Fsp3) is 0.611. The number of nitrogens with one attached hydrogen (secondary N) is 2. The van der Waals surface area contributed by atoms with Crippen LogP contribution in [0.25, 0.3) is 0 Å². The Morgan fingerprint density at radius 2 is 2.05 bits per heavy atom. The summed E-state index contributed by atoms with van der Waals surface area (Å²) >= 11 is 0. The molecular formula is C18H29N3O. The first-order chi connectivity index (χ1) is 10.5. The van der Waals surface area contributed by atoms with E-state index in [1.807, 2.05) is 20.2 Å². The van der Waals surface area contributed by atoms with Gasteiger partial charge in [0, 0.05) is 18.7 Å². The largest absolute Gasteiger partial charge is 0.326 e. The number of amides is 1. The first kappa shape index (κ1) is 17.0. The highest BCUT2D eigenvalue weighted by Gasteiger charge is 2.15. The Morgan fingerprint density at radius 3 is 2.73 bits per heavy atom. The van der Waals surface area contributed by atoms with Crippen molar-refractivity contribution < 1.29 is 4.79 Å². The van der Waals surface area contributed by atoms with Crippen molar-refractivity contribution >= 4 is 11.6 Å². The SMILES string of the molecule is Cc1ccc(NC(=O)CCC2CCNCC2)c(CN(C)C)c1. The molecule has 1 aromatic rings. The molecule has 0 bridgehead atoms. The topological polar surface area (TPSA) is 44.4 Å². The smallest absolute Gasteiger partial charge is 0.224 e. The van der Waals surface area contributed by atoms with E-state index in [-0.39, 0.29) is 5.91 Å². The average Bonchev–Trinajstić information content (AvgIpc) is 2.48. The highest BCUT2D eigenvalue weighted by atomic mass is 16.1. The van der Waals surface area contributed by atoms with Gasteiger partial charge in [-0.05, 0) is 70.9 Å². The molecule has 0 saturated carbocycles. The van der Waals surface area contributed by atoms with Gasteiger partial charge in [-0.1, -0.05) is 17.7 Å². The van der Waals surface area contributed by atoms with E-state index in [4.69, 9.17) is 0 Å². The summed E-state index contributed by atoms with van der Waals surface area (Å²) in [4.78, 5) is 14.4. The van der Waals surface area contributed by atoms with Crippen molar-refractivity contribution in [3.05, 3.63) is 29.3 Å². The lowest BCUT2D eigenvalue weighted by Gasteiger charge is -2.22. The van der Waals surface area contributed by atoms with E-state index in [0.717, 1.165) is 31.7 Å². The van der Waals surface area contributed by atoms with Crippen molar-refractivity contribution in [3.8, 4) is 0 Å². The maximum absolute atomic E-state index is 12.2. The molecule has 0 unspecified atom stereocenters. The quantitative estimate of drug-likeness (QED) is 0.849. The number of carbonyl (C=O) groups is 1. The number of benzene rings is 1. The third-order valence-electron chi connectivity index (χ3n) is 4.26. The zero-order valence-electron chi connectivity index (χ0n) is 14.1. The van der Waals surface area contributed by atoms with Crippen LogP contribution in [0.2, 0.25) is 0 Å². The van der Waals surface area contributed by atoms with Gasteiger partial charge in [-0.25, -0.2) is 0 Å². The summed E-state index contributed by atoms with van der Waals surface area (Å²) < 4.78 is 0. The molecule has 4 nitrogen and oxygen atoms in total. The highest BCUT2D eigenvalue weighted by Crippen LogP contribution is 2.21. The predicted molar refractivity (Wildman–Crippen MR) is 92.0 cm³/mol. The number of aryl methyl sites for hydroxylation is 1. The van der Waals surface area contributed by atoms with Gasteiger partial charge in [0.15, 0.2) is 0 Å². The summed E-state index contributed by atoms with van der Waals surface area (Å²) in [5.41, 5.74) is 3.36. The Hall–Kier alpha value is -1.39. The molecule has 0 radical (unpaired) electrons. The zero-order valence-corrected chi connectivity index (χ0v) is 14.1. The molecule has 1 heterocycles. The molecule has 22 heavy (non-hydrogen) atoms. The standard InChI is InChI=1S/C18H29N3O/c1-14-4-6-17(16(12-14)13-21(2)3)20-18(22)7-5-15-8-10-19-11-9-15/h4,6,12,15,19H,5,7-11,13H2,1-3H3,(H,20,22). The van der Waals surface area contributed by atoms with Gasteiger partial charge < -0.3 is 15.5 Å². The third-order valence-corrected chi connectivity index (χ3v) is 4.26. The van der Waals surface area contributed by atoms with Gasteiger partial charge in [-0.15, -0.1) is 0 Å². The van der Waals surface area contributed by atoms with Crippen LogP contribution >= 0.6 is 0 Å². The number of hydrogen-bond donors (Lipinski definition) is 2. The second kappa shape index (κ2) is 8.30. The van der Waals surface area contributed by atoms with Crippen LogP contribution in [-0.4, -0.2) is 38.0 Å². The van der Waals surface area contributed by atoms with Crippen LogP contribution in [0.1, 0.15) is 36.8 Å². The molecule has 1 amide bonds. The summed E-state index contributed by atoms with van der Waals surface area (Å²) in [5, 5.41) is 6.47. The fourth-order valence-electron chi connectivity index (χ4n) is 3.03. The van der Waals surface area contributed by atoms with Gasteiger partial charge in [0.05, 0.1) is 0 Å². The number of carbonyl (C=O) groups excluding carboxylic acids is 1. The first-order valence-corrected chi connectivity index (χ1v) is 8.29. The van der Waals surface area contributed by atoms with Gasteiger partial charge in [0.25, 0.3) is 0 Å². The van der Waals surface area contributed by atoms with E-state index in [1.54, 1.807) is 0 Å². The predicted octanol–water partition coefficient (Wildman–Crippen LogP) is 2.77. The van der Waals surface area contributed by atoms with Crippen molar-refractivity contribution in [1.29, 1.82) is 0 Å². The van der Waals surface area contributed by atoms with Gasteiger partial charge in [-0.2, -0.15) is 0 Å². The third kappa shape index (κ3) is 5.43. The summed E-state index contributed by atoms with van der Waals surface area (Å²) in [6, 6.07) is 6.24. The van der Waals surface area contributed by atoms with Crippen molar-refractivity contribution in [3.63, 3.8) is 0 Å². The van der Waals surface area contributed by atoms with E-state index < -0.39 is 0 Å². The monoisotopic (exact) mass is 303 g/mol. The molecular weight excluding hydrogens is 274 g/mol. The Bertz CT molecular complexity index is 493. The summed E-state index contributed by atoms with van der Waals surface area (Å²) in [6.07, 6.45) is 4.02. The van der Waals surface area contributed by atoms with Crippen LogP contribution < -0.4 is 10.6 Å². The number of piperidine rings is 1. The summed E-state index contributed by atoms with van der Waals surface area (Å²) in [7, 11) is 4.09. The molecule has 1 fully saturated rings. The van der Waals surface area contributed by atoms with Crippen LogP contribution in [0.15, 0.2) is 18.2 Å². The Labute approximate surface area is 134 Å². The molecule has 0 aliphatic carbocycles. The van der Waals surface area contributed by atoms with Crippen LogP contribution in [0.3, 0.4) is 0 Å². The number of hydrogen-bond acceptors (Lipinski definition) is 3. The molecule has 0 spiro atoms. The van der Waals surface area contributed by atoms with Crippen LogP contribution in [0.4, 0.5) is 5.69 Å². The molecule has 0 atom stereocenters. The maximum Gasteiger partial charge on any atom is 0.224 e. The lowest BCUT2D eigenvalue weighted by atomic mass is 9.93. The van der Waals surface area contributed by atoms with Crippen LogP contribution in [0, 0.1) is 12.8 Å². The van der Waals surface area contributed by atoms with E-state index in [1.165, 1.54) is 24.0 Å². The van der Waals surface area contributed by atoms with E-state index >= 15 is 0 Å². The highest BCUT2D eigenvalue weighted by molar-refractivity contribution is 5.91. The second-order valence-corrected chi connectivity index (χ2v) is 6.68. The minimum atomic E-state index is 0.141. The van der Waals surface area contributed by atoms with Gasteiger partial charge in [0.2, 0.25) is 5.91 Å². The van der Waals surface area contributed by atoms with Gasteiger partial charge in [0.1, 0.15) is 0 Å². The lowest BCUT2D eigenvalue weighted by molar-refractivity contribution is -0.116. The Kier molecular flexibility index (Phi) is 6.40. The van der Waals surface area contributed by atoms with Crippen molar-refractivity contribution in [2.45, 2.75) is 39.2 Å². The molecule has 2 N–H and O–H groups in total. The van der Waals surface area contributed by atoms with Crippen molar-refractivity contribution in [2.24, 2.45) is 5.92 Å². The summed E-state index contributed by atoms with van der Waals surface area (Å²) in [6.45, 7) is 5.11. The molecule has 1 aliphatic heterocycles. The average molecular weight is 303 g/mol. The molecule has 1 aromatic carbocycles. The summed E-state index contributed by atoms with van der Waals surface area (Å²) in [5.74, 6) is 0.841. The molecule has 4 heteroatoms. The van der Waals surface area contributed by atoms with E-state index in [0.29, 0.717) is 12.3 Å².